The number of carbonyl (C=O) groups excluding carboxylic acids is 1. The summed E-state index contributed by atoms with van der Waals surface area (Å²) in [5, 5.41) is 23.5. The van der Waals surface area contributed by atoms with Gasteiger partial charge in [-0.2, -0.15) is 0 Å². The summed E-state index contributed by atoms with van der Waals surface area (Å²) < 4.78 is 0. The van der Waals surface area contributed by atoms with E-state index in [9.17, 15) is 15.0 Å². The summed E-state index contributed by atoms with van der Waals surface area (Å²) in [6, 6.07) is 0.210. The number of fused-ring (bicyclic) bond motifs is 1. The van der Waals surface area contributed by atoms with Gasteiger partial charge >= 0.3 is 0 Å². The van der Waals surface area contributed by atoms with Gasteiger partial charge < -0.3 is 15.5 Å². The quantitative estimate of drug-likeness (QED) is 0.358. The monoisotopic (exact) mass is 391 g/mol. The molecule has 0 unspecified atom stereocenters. The number of aliphatic hydroxyl groups is 2. The number of aliphatic hydroxyl groups excluding tert-OH is 2. The van der Waals surface area contributed by atoms with E-state index in [4.69, 9.17) is 0 Å². The Morgan fingerprint density at radius 1 is 1.25 bits per heavy atom. The Bertz CT molecular complexity index is 540. The molecule has 2 aliphatic carbocycles. The van der Waals surface area contributed by atoms with Crippen molar-refractivity contribution < 1.29 is 15.0 Å². The first-order valence-electron chi connectivity index (χ1n) is 11.4. The molecule has 160 valence electrons. The molecule has 5 atom stereocenters. The summed E-state index contributed by atoms with van der Waals surface area (Å²) in [5.41, 5.74) is 1.49. The predicted octanol–water partition coefficient (Wildman–Crippen LogP) is 4.51. The smallest absolute Gasteiger partial charge is 0.220 e. The van der Waals surface area contributed by atoms with Gasteiger partial charge in [-0.1, -0.05) is 50.0 Å². The van der Waals surface area contributed by atoms with Gasteiger partial charge in [0.2, 0.25) is 5.91 Å². The van der Waals surface area contributed by atoms with E-state index in [2.05, 4.69) is 24.4 Å². The zero-order valence-electron chi connectivity index (χ0n) is 18.1. The zero-order valence-corrected chi connectivity index (χ0v) is 18.1. The van der Waals surface area contributed by atoms with Crippen molar-refractivity contribution in [1.29, 1.82) is 0 Å². The SMILES string of the molecule is CCCCC[C@H](O)C=C[C@@H]1[C@H]2CC(=CCCCC(=O)NC(C)C)C[C@H]2C[C@H]1O. The Labute approximate surface area is 171 Å². The molecule has 0 bridgehead atoms. The van der Waals surface area contributed by atoms with E-state index in [-0.39, 0.29) is 30.1 Å². The zero-order chi connectivity index (χ0) is 20.5. The first-order chi connectivity index (χ1) is 13.4. The lowest BCUT2D eigenvalue weighted by molar-refractivity contribution is -0.121. The molecule has 0 heterocycles. The van der Waals surface area contributed by atoms with Crippen LogP contribution in [0.25, 0.3) is 0 Å². The average Bonchev–Trinajstić information content (AvgIpc) is 3.13. The Morgan fingerprint density at radius 2 is 2.04 bits per heavy atom. The molecule has 0 radical (unpaired) electrons. The van der Waals surface area contributed by atoms with Crippen molar-refractivity contribution in [3.8, 4) is 0 Å². The van der Waals surface area contributed by atoms with Crippen LogP contribution in [0, 0.1) is 17.8 Å². The molecular formula is C24H41NO3. The molecule has 0 aliphatic heterocycles. The fraction of sp³-hybridized carbons (Fsp3) is 0.792. The highest BCUT2D eigenvalue weighted by Crippen LogP contribution is 2.50. The minimum atomic E-state index is -0.383. The Morgan fingerprint density at radius 3 is 2.75 bits per heavy atom. The Balaban J connectivity index is 1.77. The first-order valence-corrected chi connectivity index (χ1v) is 11.4. The minimum Gasteiger partial charge on any atom is -0.392 e. The molecule has 0 spiro atoms. The second-order valence-electron chi connectivity index (χ2n) is 9.14. The van der Waals surface area contributed by atoms with Crippen molar-refractivity contribution in [1.82, 2.24) is 5.32 Å². The van der Waals surface area contributed by atoms with Crippen LogP contribution in [0.3, 0.4) is 0 Å². The predicted molar refractivity (Wildman–Crippen MR) is 115 cm³/mol. The van der Waals surface area contributed by atoms with Gasteiger partial charge in [0.25, 0.3) is 0 Å². The van der Waals surface area contributed by atoms with Gasteiger partial charge in [0.1, 0.15) is 0 Å². The molecule has 2 fully saturated rings. The molecule has 4 heteroatoms. The van der Waals surface area contributed by atoms with Gasteiger partial charge in [-0.15, -0.1) is 0 Å². The van der Waals surface area contributed by atoms with Crippen LogP contribution in [0.1, 0.15) is 85.0 Å². The fourth-order valence-corrected chi connectivity index (χ4v) is 4.86. The first kappa shape index (κ1) is 23.2. The molecular weight excluding hydrogens is 350 g/mol. The maximum atomic E-state index is 11.7. The number of allylic oxidation sites excluding steroid dienone is 2. The number of unbranched alkanes of at least 4 members (excludes halogenated alkanes) is 3. The van der Waals surface area contributed by atoms with Gasteiger partial charge in [0, 0.05) is 18.4 Å². The molecule has 0 aromatic rings. The lowest BCUT2D eigenvalue weighted by Crippen LogP contribution is -2.29. The molecule has 4 nitrogen and oxygen atoms in total. The number of hydrogen-bond donors (Lipinski definition) is 3. The van der Waals surface area contributed by atoms with E-state index in [1.807, 2.05) is 19.9 Å². The van der Waals surface area contributed by atoms with E-state index in [0.29, 0.717) is 18.3 Å². The molecule has 2 rings (SSSR count). The van der Waals surface area contributed by atoms with Crippen LogP contribution in [0.15, 0.2) is 23.8 Å². The highest BCUT2D eigenvalue weighted by Gasteiger charge is 2.44. The van der Waals surface area contributed by atoms with Gasteiger partial charge in [-0.3, -0.25) is 4.79 Å². The van der Waals surface area contributed by atoms with Crippen molar-refractivity contribution >= 4 is 5.91 Å². The number of amides is 1. The number of rotatable bonds is 11. The van der Waals surface area contributed by atoms with E-state index >= 15 is 0 Å². The molecule has 2 aliphatic rings. The maximum Gasteiger partial charge on any atom is 0.220 e. The average molecular weight is 392 g/mol. The molecule has 0 aromatic carbocycles. The van der Waals surface area contributed by atoms with Gasteiger partial charge in [-0.25, -0.2) is 0 Å². The summed E-state index contributed by atoms with van der Waals surface area (Å²) in [5.74, 6) is 1.39. The van der Waals surface area contributed by atoms with Crippen molar-refractivity contribution in [3.05, 3.63) is 23.8 Å². The van der Waals surface area contributed by atoms with Crippen LogP contribution < -0.4 is 5.32 Å². The van der Waals surface area contributed by atoms with Crippen LogP contribution in [-0.4, -0.2) is 34.4 Å². The molecule has 0 saturated heterocycles. The fourth-order valence-electron chi connectivity index (χ4n) is 4.86. The van der Waals surface area contributed by atoms with Crippen LogP contribution in [0.4, 0.5) is 0 Å². The minimum absolute atomic E-state index is 0.141. The van der Waals surface area contributed by atoms with Crippen LogP contribution >= 0.6 is 0 Å². The summed E-state index contributed by atoms with van der Waals surface area (Å²) in [7, 11) is 0. The summed E-state index contributed by atoms with van der Waals surface area (Å²) in [4.78, 5) is 11.7. The number of nitrogens with one attached hydrogen (secondary N) is 1. The van der Waals surface area contributed by atoms with Gasteiger partial charge in [-0.05, 0) is 64.2 Å². The van der Waals surface area contributed by atoms with Crippen LogP contribution in [0.2, 0.25) is 0 Å². The Hall–Kier alpha value is -1.13. The lowest BCUT2D eigenvalue weighted by Gasteiger charge is -2.17. The molecule has 3 N–H and O–H groups in total. The molecule has 28 heavy (non-hydrogen) atoms. The highest BCUT2D eigenvalue weighted by atomic mass is 16.3. The second kappa shape index (κ2) is 11.8. The molecule has 0 aromatic heterocycles. The van der Waals surface area contributed by atoms with Crippen LogP contribution in [0.5, 0.6) is 0 Å². The van der Waals surface area contributed by atoms with Crippen LogP contribution in [-0.2, 0) is 4.79 Å². The molecule has 1 amide bonds. The van der Waals surface area contributed by atoms with E-state index in [0.717, 1.165) is 51.4 Å². The number of hydrogen-bond acceptors (Lipinski definition) is 3. The third-order valence-corrected chi connectivity index (χ3v) is 6.26. The van der Waals surface area contributed by atoms with Crippen molar-refractivity contribution in [2.45, 2.75) is 103 Å². The summed E-state index contributed by atoms with van der Waals surface area (Å²) >= 11 is 0. The van der Waals surface area contributed by atoms with Gasteiger partial charge in [0.15, 0.2) is 0 Å². The largest absolute Gasteiger partial charge is 0.392 e. The topological polar surface area (TPSA) is 69.6 Å². The van der Waals surface area contributed by atoms with Crippen molar-refractivity contribution in [2.24, 2.45) is 17.8 Å². The van der Waals surface area contributed by atoms with E-state index in [1.54, 1.807) is 0 Å². The maximum absolute atomic E-state index is 11.7. The highest BCUT2D eigenvalue weighted by molar-refractivity contribution is 5.76. The third-order valence-electron chi connectivity index (χ3n) is 6.26. The molecule has 2 saturated carbocycles. The Kier molecular flexibility index (Phi) is 9.73. The number of carbonyl (C=O) groups is 1. The van der Waals surface area contributed by atoms with Gasteiger partial charge in [0.05, 0.1) is 12.2 Å². The summed E-state index contributed by atoms with van der Waals surface area (Å²) in [6.45, 7) is 6.14. The lowest BCUT2D eigenvalue weighted by atomic mass is 9.90. The third kappa shape index (κ3) is 7.36. The van der Waals surface area contributed by atoms with Crippen molar-refractivity contribution in [3.63, 3.8) is 0 Å². The van der Waals surface area contributed by atoms with E-state index < -0.39 is 0 Å². The normalized spacial score (nSPS) is 29.7. The van der Waals surface area contributed by atoms with E-state index in [1.165, 1.54) is 12.0 Å². The van der Waals surface area contributed by atoms with Crippen molar-refractivity contribution in [2.75, 3.05) is 0 Å². The standard InChI is InChI=1S/C24H41NO3/c1-4-5-6-10-20(26)12-13-21-22-15-18(14-19(22)16-23(21)27)9-7-8-11-24(28)25-17(2)3/h9,12-13,17,19-23,26-27H,4-8,10-11,14-16H2,1-3H3,(H,25,28)/t19-,20-,21+,22-,23+/m0/s1. The summed E-state index contributed by atoms with van der Waals surface area (Å²) in [6.07, 6.45) is 15.3. The second-order valence-corrected chi connectivity index (χ2v) is 9.14.